The molecule has 6 heteroatoms. The zero-order valence-electron chi connectivity index (χ0n) is 14.8. The minimum absolute atomic E-state index is 0.682. The second-order valence-electron chi connectivity index (χ2n) is 6.86. The zero-order chi connectivity index (χ0) is 18.2. The van der Waals surface area contributed by atoms with Crippen molar-refractivity contribution in [1.82, 2.24) is 19.9 Å². The third-order valence-corrected chi connectivity index (χ3v) is 5.50. The number of hydrogen-bond donors (Lipinski definition) is 0. The lowest BCUT2D eigenvalue weighted by Crippen LogP contribution is -2.30. The van der Waals surface area contributed by atoms with E-state index in [2.05, 4.69) is 24.8 Å². The fourth-order valence-corrected chi connectivity index (χ4v) is 4.12. The van der Waals surface area contributed by atoms with Crippen LogP contribution in [0.25, 0.3) is 32.9 Å². The van der Waals surface area contributed by atoms with E-state index < -0.39 is 0 Å². The van der Waals surface area contributed by atoms with Crippen LogP contribution in [-0.2, 0) is 0 Å². The predicted octanol–water partition coefficient (Wildman–Crippen LogP) is 4.88. The van der Waals surface area contributed by atoms with E-state index in [0.29, 0.717) is 5.02 Å². The summed E-state index contributed by atoms with van der Waals surface area (Å²) in [6, 6.07) is 10.1. The first kappa shape index (κ1) is 16.4. The molecule has 0 aliphatic carbocycles. The average Bonchev–Trinajstić information content (AvgIpc) is 2.73. The van der Waals surface area contributed by atoms with Gasteiger partial charge in [0.25, 0.3) is 0 Å². The predicted molar refractivity (Wildman–Crippen MR) is 109 cm³/mol. The number of halogens is 1. The topological polar surface area (TPSA) is 54.8 Å². The molecule has 1 aliphatic rings. The molecule has 5 nitrogen and oxygen atoms in total. The molecular weight excluding hydrogens is 358 g/mol. The Kier molecular flexibility index (Phi) is 4.09. The summed E-state index contributed by atoms with van der Waals surface area (Å²) in [6.07, 6.45) is 8.72. The Morgan fingerprint density at radius 2 is 1.78 bits per heavy atom. The van der Waals surface area contributed by atoms with Gasteiger partial charge in [-0.25, -0.2) is 19.9 Å². The van der Waals surface area contributed by atoms with Gasteiger partial charge in [0.15, 0.2) is 0 Å². The Balaban J connectivity index is 1.70. The molecule has 5 rings (SSSR count). The Labute approximate surface area is 162 Å². The van der Waals surface area contributed by atoms with Crippen LogP contribution in [0.3, 0.4) is 0 Å². The summed E-state index contributed by atoms with van der Waals surface area (Å²) in [5, 5.41) is 2.67. The van der Waals surface area contributed by atoms with Gasteiger partial charge in [0.1, 0.15) is 18.5 Å². The summed E-state index contributed by atoms with van der Waals surface area (Å²) in [5.74, 6) is 0.980. The maximum absolute atomic E-state index is 6.73. The standard InChI is InChI=1S/C21H18ClN5/c22-18-9-17-19(24-13-26-21(17)27-7-2-1-3-8-27)10-16(18)15-6-4-5-14-11-23-12-25-20(14)15/h4-6,9-13H,1-3,7-8H2. The summed E-state index contributed by atoms with van der Waals surface area (Å²) in [6.45, 7) is 2.07. The molecule has 4 aromatic rings. The molecule has 0 saturated carbocycles. The molecule has 0 bridgehead atoms. The van der Waals surface area contributed by atoms with E-state index in [4.69, 9.17) is 11.6 Å². The van der Waals surface area contributed by atoms with Gasteiger partial charge in [-0.3, -0.25) is 0 Å². The maximum atomic E-state index is 6.73. The van der Waals surface area contributed by atoms with E-state index in [1.165, 1.54) is 19.3 Å². The lowest BCUT2D eigenvalue weighted by atomic mass is 10.0. The Morgan fingerprint density at radius 3 is 2.67 bits per heavy atom. The summed E-state index contributed by atoms with van der Waals surface area (Å²) in [4.78, 5) is 20.0. The molecule has 0 radical (unpaired) electrons. The van der Waals surface area contributed by atoms with E-state index >= 15 is 0 Å². The number of aromatic nitrogens is 4. The van der Waals surface area contributed by atoms with Crippen LogP contribution >= 0.6 is 11.6 Å². The number of piperidine rings is 1. The van der Waals surface area contributed by atoms with Crippen LogP contribution in [-0.4, -0.2) is 33.0 Å². The van der Waals surface area contributed by atoms with E-state index in [1.54, 1.807) is 12.7 Å². The van der Waals surface area contributed by atoms with Crippen molar-refractivity contribution in [2.45, 2.75) is 19.3 Å². The zero-order valence-corrected chi connectivity index (χ0v) is 15.5. The number of para-hydroxylation sites is 1. The highest BCUT2D eigenvalue weighted by atomic mass is 35.5. The SMILES string of the molecule is Clc1cc2c(N3CCCCC3)ncnc2cc1-c1cccc2cncnc12. The van der Waals surface area contributed by atoms with Crippen LogP contribution in [0.2, 0.25) is 5.02 Å². The van der Waals surface area contributed by atoms with Crippen molar-refractivity contribution >= 4 is 39.2 Å². The van der Waals surface area contributed by atoms with Gasteiger partial charge in [-0.05, 0) is 31.4 Å². The number of anilines is 1. The van der Waals surface area contributed by atoms with Crippen LogP contribution in [0, 0.1) is 0 Å². The van der Waals surface area contributed by atoms with Crippen LogP contribution < -0.4 is 4.90 Å². The lowest BCUT2D eigenvalue weighted by Gasteiger charge is -2.28. The van der Waals surface area contributed by atoms with Gasteiger partial charge >= 0.3 is 0 Å². The highest BCUT2D eigenvalue weighted by Crippen LogP contribution is 2.37. The molecule has 2 aromatic heterocycles. The van der Waals surface area contributed by atoms with Crippen molar-refractivity contribution in [3.05, 3.63) is 54.2 Å². The molecule has 0 spiro atoms. The molecule has 0 unspecified atom stereocenters. The first-order valence-corrected chi connectivity index (χ1v) is 9.57. The third-order valence-electron chi connectivity index (χ3n) is 5.18. The van der Waals surface area contributed by atoms with Gasteiger partial charge < -0.3 is 4.90 Å². The summed E-state index contributed by atoms with van der Waals surface area (Å²) >= 11 is 6.73. The summed E-state index contributed by atoms with van der Waals surface area (Å²) in [5.41, 5.74) is 3.70. The quantitative estimate of drug-likeness (QED) is 0.499. The van der Waals surface area contributed by atoms with Crippen molar-refractivity contribution in [2.24, 2.45) is 0 Å². The molecule has 0 amide bonds. The van der Waals surface area contributed by atoms with Crippen LogP contribution in [0.15, 0.2) is 49.2 Å². The van der Waals surface area contributed by atoms with E-state index in [1.807, 2.05) is 36.5 Å². The molecule has 134 valence electrons. The van der Waals surface area contributed by atoms with Gasteiger partial charge in [-0.2, -0.15) is 0 Å². The first-order chi connectivity index (χ1) is 13.3. The normalized spacial score (nSPS) is 14.8. The van der Waals surface area contributed by atoms with Gasteiger partial charge in [0.2, 0.25) is 0 Å². The molecule has 0 N–H and O–H groups in total. The monoisotopic (exact) mass is 375 g/mol. The molecule has 2 aromatic carbocycles. The van der Waals surface area contributed by atoms with E-state index in [9.17, 15) is 0 Å². The van der Waals surface area contributed by atoms with Gasteiger partial charge in [-0.15, -0.1) is 0 Å². The fourth-order valence-electron chi connectivity index (χ4n) is 3.86. The molecule has 27 heavy (non-hydrogen) atoms. The first-order valence-electron chi connectivity index (χ1n) is 9.19. The maximum Gasteiger partial charge on any atom is 0.139 e. The highest BCUT2D eigenvalue weighted by Gasteiger charge is 2.18. The van der Waals surface area contributed by atoms with Gasteiger partial charge in [-0.1, -0.05) is 29.8 Å². The largest absolute Gasteiger partial charge is 0.356 e. The second kappa shape index (κ2) is 6.74. The molecular formula is C21H18ClN5. The average molecular weight is 376 g/mol. The number of nitrogens with zero attached hydrogens (tertiary/aromatic N) is 5. The number of rotatable bonds is 2. The van der Waals surface area contributed by atoms with Crippen molar-refractivity contribution < 1.29 is 0 Å². The molecule has 1 aliphatic heterocycles. The van der Waals surface area contributed by atoms with Crippen molar-refractivity contribution in [1.29, 1.82) is 0 Å². The molecule has 1 fully saturated rings. The van der Waals surface area contributed by atoms with Gasteiger partial charge in [0, 0.05) is 46.2 Å². The Hall–Kier alpha value is -2.79. The Bertz CT molecular complexity index is 1130. The minimum Gasteiger partial charge on any atom is -0.356 e. The van der Waals surface area contributed by atoms with Crippen molar-refractivity contribution in [2.75, 3.05) is 18.0 Å². The third kappa shape index (κ3) is 2.88. The highest BCUT2D eigenvalue weighted by molar-refractivity contribution is 6.34. The molecule has 0 atom stereocenters. The number of hydrogen-bond acceptors (Lipinski definition) is 5. The number of fused-ring (bicyclic) bond motifs is 2. The van der Waals surface area contributed by atoms with E-state index in [-0.39, 0.29) is 0 Å². The second-order valence-corrected chi connectivity index (χ2v) is 7.27. The molecule has 3 heterocycles. The van der Waals surface area contributed by atoms with Crippen LogP contribution in [0.4, 0.5) is 5.82 Å². The number of benzene rings is 2. The fraction of sp³-hybridized carbons (Fsp3) is 0.238. The van der Waals surface area contributed by atoms with E-state index in [0.717, 1.165) is 51.8 Å². The van der Waals surface area contributed by atoms with Gasteiger partial charge in [0.05, 0.1) is 11.0 Å². The molecule has 1 saturated heterocycles. The summed E-state index contributed by atoms with van der Waals surface area (Å²) in [7, 11) is 0. The summed E-state index contributed by atoms with van der Waals surface area (Å²) < 4.78 is 0. The minimum atomic E-state index is 0.682. The smallest absolute Gasteiger partial charge is 0.139 e. The van der Waals surface area contributed by atoms with Crippen molar-refractivity contribution in [3.63, 3.8) is 0 Å². The lowest BCUT2D eigenvalue weighted by molar-refractivity contribution is 0.574. The van der Waals surface area contributed by atoms with Crippen LogP contribution in [0.1, 0.15) is 19.3 Å². The van der Waals surface area contributed by atoms with Crippen molar-refractivity contribution in [3.8, 4) is 11.1 Å². The Morgan fingerprint density at radius 1 is 0.889 bits per heavy atom. The van der Waals surface area contributed by atoms with Crippen LogP contribution in [0.5, 0.6) is 0 Å².